The van der Waals surface area contributed by atoms with Gasteiger partial charge in [-0.25, -0.2) is 0 Å². The van der Waals surface area contributed by atoms with E-state index in [9.17, 15) is 14.4 Å². The number of nitrogens with one attached hydrogen (secondary N) is 1. The summed E-state index contributed by atoms with van der Waals surface area (Å²) in [6.45, 7) is 2.51. The molecule has 1 saturated heterocycles. The standard InChI is InChI=1S/C16H26N2O4/c1-11(17-14(19)12-6-3-2-4-7-12)15(20)18-9-5-8-13(10-18)16(21)22/h11-13H,2-10H2,1H3,(H,17,19)(H,21,22)/t11-,13?/m0/s1. The lowest BCUT2D eigenvalue weighted by molar-refractivity contribution is -0.147. The molecule has 1 aliphatic carbocycles. The Morgan fingerprint density at radius 2 is 1.68 bits per heavy atom. The summed E-state index contributed by atoms with van der Waals surface area (Å²) in [5, 5.41) is 11.9. The molecule has 1 saturated carbocycles. The van der Waals surface area contributed by atoms with Crippen LogP contribution >= 0.6 is 0 Å². The Bertz CT molecular complexity index is 432. The first-order valence-electron chi connectivity index (χ1n) is 8.31. The van der Waals surface area contributed by atoms with Crippen LogP contribution in [0.4, 0.5) is 0 Å². The summed E-state index contributed by atoms with van der Waals surface area (Å²) in [4.78, 5) is 37.2. The molecule has 0 aromatic heterocycles. The van der Waals surface area contributed by atoms with E-state index >= 15 is 0 Å². The third-order valence-electron chi connectivity index (χ3n) is 4.79. The number of amides is 2. The second-order valence-corrected chi connectivity index (χ2v) is 6.53. The lowest BCUT2D eigenvalue weighted by atomic mass is 9.88. The molecule has 2 N–H and O–H groups in total. The molecule has 1 aliphatic heterocycles. The molecule has 0 aromatic rings. The van der Waals surface area contributed by atoms with Gasteiger partial charge in [0.15, 0.2) is 0 Å². The van der Waals surface area contributed by atoms with E-state index in [0.717, 1.165) is 25.7 Å². The number of hydrogen-bond acceptors (Lipinski definition) is 3. The molecule has 6 heteroatoms. The van der Waals surface area contributed by atoms with Crippen molar-refractivity contribution < 1.29 is 19.5 Å². The van der Waals surface area contributed by atoms with Gasteiger partial charge in [0.1, 0.15) is 6.04 Å². The van der Waals surface area contributed by atoms with Gasteiger partial charge in [0.2, 0.25) is 11.8 Å². The number of carbonyl (C=O) groups excluding carboxylic acids is 2. The minimum atomic E-state index is -0.851. The second-order valence-electron chi connectivity index (χ2n) is 6.53. The monoisotopic (exact) mass is 310 g/mol. The normalized spacial score (nSPS) is 24.6. The van der Waals surface area contributed by atoms with Gasteiger partial charge in [0.05, 0.1) is 5.92 Å². The van der Waals surface area contributed by atoms with Crippen molar-refractivity contribution in [1.29, 1.82) is 0 Å². The fraction of sp³-hybridized carbons (Fsp3) is 0.812. The smallest absolute Gasteiger partial charge is 0.308 e. The SMILES string of the molecule is C[C@H](NC(=O)C1CCCCC1)C(=O)N1CCCC(C(=O)O)C1. The van der Waals surface area contributed by atoms with Gasteiger partial charge < -0.3 is 15.3 Å². The van der Waals surface area contributed by atoms with E-state index < -0.39 is 17.9 Å². The fourth-order valence-electron chi connectivity index (χ4n) is 3.41. The number of likely N-dealkylation sites (tertiary alicyclic amines) is 1. The Labute approximate surface area is 131 Å². The van der Waals surface area contributed by atoms with E-state index in [4.69, 9.17) is 5.11 Å². The Morgan fingerprint density at radius 3 is 2.32 bits per heavy atom. The summed E-state index contributed by atoms with van der Waals surface area (Å²) in [5.74, 6) is -1.52. The van der Waals surface area contributed by atoms with Crippen LogP contribution in [-0.2, 0) is 14.4 Å². The van der Waals surface area contributed by atoms with Gasteiger partial charge in [-0.3, -0.25) is 14.4 Å². The van der Waals surface area contributed by atoms with E-state index in [-0.39, 0.29) is 24.3 Å². The van der Waals surface area contributed by atoms with Crippen molar-refractivity contribution in [2.45, 2.75) is 57.9 Å². The van der Waals surface area contributed by atoms with Crippen LogP contribution in [0.3, 0.4) is 0 Å². The van der Waals surface area contributed by atoms with Crippen LogP contribution < -0.4 is 5.32 Å². The first kappa shape index (κ1) is 16.8. The van der Waals surface area contributed by atoms with Crippen LogP contribution in [0, 0.1) is 11.8 Å². The van der Waals surface area contributed by atoms with E-state index in [2.05, 4.69) is 5.32 Å². The van der Waals surface area contributed by atoms with E-state index in [1.165, 1.54) is 6.42 Å². The maximum Gasteiger partial charge on any atom is 0.308 e. The van der Waals surface area contributed by atoms with Crippen molar-refractivity contribution in [2.24, 2.45) is 11.8 Å². The Morgan fingerprint density at radius 1 is 1.05 bits per heavy atom. The first-order chi connectivity index (χ1) is 10.5. The topological polar surface area (TPSA) is 86.7 Å². The number of aliphatic carboxylic acids is 1. The van der Waals surface area contributed by atoms with Gasteiger partial charge in [0.25, 0.3) is 0 Å². The molecule has 2 amide bonds. The highest BCUT2D eigenvalue weighted by molar-refractivity contribution is 5.88. The predicted octanol–water partition coefficient (Wildman–Crippen LogP) is 1.39. The van der Waals surface area contributed by atoms with Crippen molar-refractivity contribution in [3.05, 3.63) is 0 Å². The van der Waals surface area contributed by atoms with Crippen molar-refractivity contribution in [3.63, 3.8) is 0 Å². The lowest BCUT2D eigenvalue weighted by Crippen LogP contribution is -2.51. The molecule has 22 heavy (non-hydrogen) atoms. The molecule has 0 spiro atoms. The zero-order valence-electron chi connectivity index (χ0n) is 13.2. The van der Waals surface area contributed by atoms with Crippen LogP contribution in [-0.4, -0.2) is 46.9 Å². The zero-order valence-corrected chi connectivity index (χ0v) is 13.2. The summed E-state index contributed by atoms with van der Waals surface area (Å²) >= 11 is 0. The molecule has 1 heterocycles. The highest BCUT2D eigenvalue weighted by Gasteiger charge is 2.31. The van der Waals surface area contributed by atoms with Crippen LogP contribution in [0.15, 0.2) is 0 Å². The third-order valence-corrected chi connectivity index (χ3v) is 4.79. The maximum atomic E-state index is 12.4. The van der Waals surface area contributed by atoms with Gasteiger partial charge >= 0.3 is 5.97 Å². The summed E-state index contributed by atoms with van der Waals surface area (Å²) in [7, 11) is 0. The molecule has 124 valence electrons. The molecule has 2 rings (SSSR count). The summed E-state index contributed by atoms with van der Waals surface area (Å²) < 4.78 is 0. The van der Waals surface area contributed by atoms with Gasteiger partial charge in [-0.15, -0.1) is 0 Å². The molecule has 2 aliphatic rings. The van der Waals surface area contributed by atoms with Crippen LogP contribution in [0.2, 0.25) is 0 Å². The number of rotatable bonds is 4. The molecule has 0 aromatic carbocycles. The molecule has 0 radical (unpaired) electrons. The molecule has 2 fully saturated rings. The molecule has 6 nitrogen and oxygen atoms in total. The molecule has 2 atom stereocenters. The number of nitrogens with zero attached hydrogens (tertiary/aromatic N) is 1. The fourth-order valence-corrected chi connectivity index (χ4v) is 3.41. The number of hydrogen-bond donors (Lipinski definition) is 2. The summed E-state index contributed by atoms with van der Waals surface area (Å²) in [6.07, 6.45) is 6.45. The van der Waals surface area contributed by atoms with Crippen molar-refractivity contribution >= 4 is 17.8 Å². The number of carbonyl (C=O) groups is 3. The first-order valence-corrected chi connectivity index (χ1v) is 8.31. The second kappa shape index (κ2) is 7.61. The van der Waals surface area contributed by atoms with Crippen molar-refractivity contribution in [1.82, 2.24) is 10.2 Å². The predicted molar refractivity (Wildman–Crippen MR) is 81.1 cm³/mol. The van der Waals surface area contributed by atoms with Crippen molar-refractivity contribution in [2.75, 3.05) is 13.1 Å². The Hall–Kier alpha value is -1.59. The Balaban J connectivity index is 1.85. The highest BCUT2D eigenvalue weighted by atomic mass is 16.4. The molecular weight excluding hydrogens is 284 g/mol. The molecule has 1 unspecified atom stereocenters. The van der Waals surface area contributed by atoms with E-state index in [0.29, 0.717) is 19.4 Å². The van der Waals surface area contributed by atoms with Gasteiger partial charge in [0, 0.05) is 19.0 Å². The van der Waals surface area contributed by atoms with Crippen LogP contribution in [0.5, 0.6) is 0 Å². The average molecular weight is 310 g/mol. The maximum absolute atomic E-state index is 12.4. The average Bonchev–Trinajstić information content (AvgIpc) is 2.54. The third kappa shape index (κ3) is 4.21. The quantitative estimate of drug-likeness (QED) is 0.821. The minimum absolute atomic E-state index is 0.0251. The zero-order chi connectivity index (χ0) is 16.1. The molecular formula is C16H26N2O4. The largest absolute Gasteiger partial charge is 0.481 e. The molecule has 0 bridgehead atoms. The van der Waals surface area contributed by atoms with E-state index in [1.807, 2.05) is 0 Å². The Kier molecular flexibility index (Phi) is 5.80. The lowest BCUT2D eigenvalue weighted by Gasteiger charge is -2.33. The van der Waals surface area contributed by atoms with E-state index in [1.54, 1.807) is 11.8 Å². The number of carboxylic acid groups (broad SMARTS) is 1. The summed E-state index contributed by atoms with van der Waals surface area (Å²) in [5.41, 5.74) is 0. The number of carboxylic acids is 1. The van der Waals surface area contributed by atoms with Crippen LogP contribution in [0.1, 0.15) is 51.9 Å². The van der Waals surface area contributed by atoms with Gasteiger partial charge in [-0.2, -0.15) is 0 Å². The van der Waals surface area contributed by atoms with Crippen LogP contribution in [0.25, 0.3) is 0 Å². The minimum Gasteiger partial charge on any atom is -0.481 e. The number of piperidine rings is 1. The van der Waals surface area contributed by atoms with Gasteiger partial charge in [-0.05, 0) is 32.6 Å². The van der Waals surface area contributed by atoms with Crippen molar-refractivity contribution in [3.8, 4) is 0 Å². The summed E-state index contributed by atoms with van der Waals surface area (Å²) in [6, 6.07) is -0.582. The highest BCUT2D eigenvalue weighted by Crippen LogP contribution is 2.24. The van der Waals surface area contributed by atoms with Gasteiger partial charge in [-0.1, -0.05) is 19.3 Å².